The summed E-state index contributed by atoms with van der Waals surface area (Å²) in [6.45, 7) is 0. The van der Waals surface area contributed by atoms with Crippen LogP contribution in [-0.4, -0.2) is 66.2 Å². The highest BCUT2D eigenvalue weighted by atomic mass is 32.2. The number of anilines is 1. The number of methoxy groups -OCH3 is 1. The van der Waals surface area contributed by atoms with Gasteiger partial charge in [0.1, 0.15) is 6.04 Å². The number of thiazole rings is 1. The van der Waals surface area contributed by atoms with Gasteiger partial charge in [0.15, 0.2) is 10.3 Å². The first-order valence-electron chi connectivity index (χ1n) is 12.1. The number of nitrogens with one attached hydrogen (secondary N) is 2. The van der Waals surface area contributed by atoms with Crippen LogP contribution in [0.3, 0.4) is 0 Å². The molecule has 6 N–H and O–H groups in total. The van der Waals surface area contributed by atoms with Crippen LogP contribution in [0, 0.1) is 0 Å². The molecule has 12 nitrogen and oxygen atoms in total. The Morgan fingerprint density at radius 2 is 1.71 bits per heavy atom. The topological polar surface area (TPSA) is 190 Å². The van der Waals surface area contributed by atoms with Crippen molar-refractivity contribution in [3.63, 3.8) is 0 Å². The normalized spacial score (nSPS) is 12.9. The lowest BCUT2D eigenvalue weighted by Crippen LogP contribution is -2.50. The van der Waals surface area contributed by atoms with Gasteiger partial charge in [-0.15, -0.1) is 11.3 Å². The second kappa shape index (κ2) is 14.9. The summed E-state index contributed by atoms with van der Waals surface area (Å²) in [5, 5.41) is 4.64. The predicted octanol–water partition coefficient (Wildman–Crippen LogP) is 3.99. The summed E-state index contributed by atoms with van der Waals surface area (Å²) in [6.07, 6.45) is -3.17. The third-order valence-corrected chi connectivity index (χ3v) is 7.33. The predicted molar refractivity (Wildman–Crippen MR) is 149 cm³/mol. The maximum Gasteiger partial charge on any atom is 0.409 e. The van der Waals surface area contributed by atoms with Crippen molar-refractivity contribution in [3.8, 4) is 0 Å². The third kappa shape index (κ3) is 10.9. The molecule has 3 aromatic rings. The molecular weight excluding hydrogens is 601 g/mol. The minimum Gasteiger partial charge on any atom is -0.731 e. The lowest BCUT2D eigenvalue weighted by molar-refractivity contribution is -0.134. The molecule has 0 spiro atoms. The summed E-state index contributed by atoms with van der Waals surface area (Å²) < 4.78 is 77.8. The van der Waals surface area contributed by atoms with Gasteiger partial charge in [-0.3, -0.25) is 19.4 Å². The first kappa shape index (κ1) is 34.4. The van der Waals surface area contributed by atoms with Crippen LogP contribution < -0.4 is 16.2 Å². The van der Waals surface area contributed by atoms with Crippen LogP contribution in [0.5, 0.6) is 0 Å². The van der Waals surface area contributed by atoms with Gasteiger partial charge in [0, 0.05) is 49.8 Å². The maximum absolute atomic E-state index is 13.6. The van der Waals surface area contributed by atoms with Gasteiger partial charge in [-0.1, -0.05) is 12.1 Å². The molecule has 0 saturated carbocycles. The number of carbonyl (C=O) groups excluding carboxylic acids is 2. The number of halogens is 3. The molecule has 0 radical (unpaired) electrons. The fourth-order valence-corrected chi connectivity index (χ4v) is 5.13. The number of ether oxygens (including phenoxy) is 1. The highest BCUT2D eigenvalue weighted by Gasteiger charge is 2.31. The standard InChI is InChI=1S/C25H28F3N5O6S2.H3N/c1-33(24(35)39-2)21(14-17-8-11-29-12-9-17)23(34)31-19(20-15-40-22(30-20)7-10-25(26,27)28)13-16-3-5-18(6-4-16)32-41(36,37)38;/h3-6,8-9,11-12,15,19,21,32H,7,10,13-14H2,1-2H3,(H,31,34)(H,36,37,38);1H3/t19-,21-;/m0./s1. The van der Waals surface area contributed by atoms with Crippen molar-refractivity contribution in [1.82, 2.24) is 26.3 Å². The van der Waals surface area contributed by atoms with E-state index >= 15 is 0 Å². The van der Waals surface area contributed by atoms with Crippen LogP contribution in [0.25, 0.3) is 0 Å². The van der Waals surface area contributed by atoms with Gasteiger partial charge in [-0.2, -0.15) is 13.2 Å². The summed E-state index contributed by atoms with van der Waals surface area (Å²) >= 11 is 1.03. The molecule has 0 saturated heterocycles. The van der Waals surface area contributed by atoms with Gasteiger partial charge in [-0.25, -0.2) is 18.2 Å². The largest absolute Gasteiger partial charge is 0.731 e. The SMILES string of the molecule is COC(=O)N(C)[C@@H](Cc1ccncc1)C(=O)N[C@@H](Cc1ccc(NS(=O)(=O)[O-])cc1)c1csc(CCC(F)(F)F)n1.[NH4+]. The fraction of sp³-hybridized carbons (Fsp3) is 0.360. The number of benzene rings is 1. The van der Waals surface area contributed by atoms with Gasteiger partial charge in [0.05, 0.1) is 23.9 Å². The highest BCUT2D eigenvalue weighted by Crippen LogP contribution is 2.27. The fourth-order valence-electron chi connectivity index (χ4n) is 3.85. The number of aryl methyl sites for hydroxylation is 1. The zero-order valence-electron chi connectivity index (χ0n) is 22.9. The lowest BCUT2D eigenvalue weighted by Gasteiger charge is -2.28. The van der Waals surface area contributed by atoms with Crippen LogP contribution in [0.1, 0.15) is 34.3 Å². The Labute approximate surface area is 244 Å². The van der Waals surface area contributed by atoms with Crippen LogP contribution in [0.4, 0.5) is 23.7 Å². The van der Waals surface area contributed by atoms with E-state index in [2.05, 4.69) is 15.3 Å². The number of alkyl halides is 3. The molecule has 0 aliphatic rings. The van der Waals surface area contributed by atoms with Crippen LogP contribution in [0.2, 0.25) is 0 Å². The molecule has 17 heteroatoms. The number of quaternary nitrogens is 1. The quantitative estimate of drug-likeness (QED) is 0.250. The van der Waals surface area contributed by atoms with Gasteiger partial charge in [0.25, 0.3) is 0 Å². The van der Waals surface area contributed by atoms with Gasteiger partial charge in [0.2, 0.25) is 5.91 Å². The summed E-state index contributed by atoms with van der Waals surface area (Å²) in [5.41, 5.74) is 1.66. The number of amides is 2. The summed E-state index contributed by atoms with van der Waals surface area (Å²) in [4.78, 5) is 35.3. The second-order valence-corrected chi connectivity index (χ2v) is 11.0. The number of pyridine rings is 1. The van der Waals surface area contributed by atoms with Crippen LogP contribution in [0.15, 0.2) is 54.2 Å². The molecule has 0 fully saturated rings. The van der Waals surface area contributed by atoms with E-state index in [4.69, 9.17) is 4.74 Å². The van der Waals surface area contributed by atoms with E-state index in [0.717, 1.165) is 16.2 Å². The molecule has 42 heavy (non-hydrogen) atoms. The smallest absolute Gasteiger partial charge is 0.409 e. The maximum atomic E-state index is 13.6. The Balaban J connectivity index is 0.00000616. The molecule has 1 aromatic carbocycles. The molecular formula is C25H31F3N6O6S2. The van der Waals surface area contributed by atoms with E-state index < -0.39 is 47.0 Å². The first-order valence-corrected chi connectivity index (χ1v) is 14.4. The number of aromatic nitrogens is 2. The number of hydrogen-bond donors (Lipinski definition) is 3. The van der Waals surface area contributed by atoms with Crippen LogP contribution >= 0.6 is 11.3 Å². The zero-order chi connectivity index (χ0) is 30.2. The third-order valence-electron chi connectivity index (χ3n) is 5.91. The van der Waals surface area contributed by atoms with Gasteiger partial charge in [-0.05, 0) is 41.8 Å². The van der Waals surface area contributed by atoms with E-state index in [1.54, 1.807) is 29.9 Å². The molecule has 230 valence electrons. The second-order valence-electron chi connectivity index (χ2n) is 8.96. The highest BCUT2D eigenvalue weighted by molar-refractivity contribution is 7.87. The average Bonchev–Trinajstić information content (AvgIpc) is 3.39. The Hall–Kier alpha value is -3.80. The monoisotopic (exact) mass is 632 g/mol. The van der Waals surface area contributed by atoms with Crippen molar-refractivity contribution in [2.45, 2.75) is 43.9 Å². The molecule has 0 bridgehead atoms. The van der Waals surface area contributed by atoms with Crippen LogP contribution in [-0.2, 0) is 39.1 Å². The molecule has 3 rings (SSSR count). The molecule has 2 heterocycles. The summed E-state index contributed by atoms with van der Waals surface area (Å²) in [5.74, 6) is -0.569. The molecule has 0 unspecified atom stereocenters. The Kier molecular flexibility index (Phi) is 12.2. The van der Waals surface area contributed by atoms with Crippen molar-refractivity contribution < 1.29 is 40.5 Å². The molecule has 2 aromatic heterocycles. The molecule has 2 atom stereocenters. The van der Waals surface area contributed by atoms with Crippen molar-refractivity contribution >= 4 is 39.3 Å². The minimum atomic E-state index is -4.73. The molecule has 2 amide bonds. The van der Waals surface area contributed by atoms with Gasteiger partial charge >= 0.3 is 12.3 Å². The number of hydrogen-bond acceptors (Lipinski definition) is 9. The van der Waals surface area contributed by atoms with Crippen molar-refractivity contribution in [2.75, 3.05) is 18.9 Å². The summed E-state index contributed by atoms with van der Waals surface area (Å²) in [7, 11) is -2.15. The van der Waals surface area contributed by atoms with E-state index in [-0.39, 0.29) is 36.1 Å². The average molecular weight is 633 g/mol. The number of nitrogens with zero attached hydrogens (tertiary/aromatic N) is 3. The molecule has 0 aliphatic carbocycles. The Morgan fingerprint density at radius 1 is 1.10 bits per heavy atom. The van der Waals surface area contributed by atoms with E-state index in [1.165, 1.54) is 38.4 Å². The Morgan fingerprint density at radius 3 is 2.29 bits per heavy atom. The van der Waals surface area contributed by atoms with E-state index in [0.29, 0.717) is 16.8 Å². The van der Waals surface area contributed by atoms with Gasteiger partial charge < -0.3 is 20.8 Å². The lowest BCUT2D eigenvalue weighted by atomic mass is 10.0. The van der Waals surface area contributed by atoms with Crippen molar-refractivity contribution in [1.29, 1.82) is 0 Å². The number of rotatable bonds is 12. The molecule has 0 aliphatic heterocycles. The van der Waals surface area contributed by atoms with E-state index in [1.807, 2.05) is 4.72 Å². The van der Waals surface area contributed by atoms with Crippen molar-refractivity contribution in [2.24, 2.45) is 0 Å². The number of carbonyl (C=O) groups is 2. The van der Waals surface area contributed by atoms with E-state index in [9.17, 15) is 35.7 Å². The zero-order valence-corrected chi connectivity index (χ0v) is 24.6. The van der Waals surface area contributed by atoms with Crippen molar-refractivity contribution in [3.05, 3.63) is 76.0 Å². The minimum absolute atomic E-state index is 0. The summed E-state index contributed by atoms with van der Waals surface area (Å²) in [6, 6.07) is 7.29. The number of likely N-dealkylation sites (N-methyl/N-ethyl adjacent to an activating group) is 1. The Bertz CT molecular complexity index is 1420. The first-order chi connectivity index (χ1) is 19.2.